The van der Waals surface area contributed by atoms with Gasteiger partial charge in [-0.25, -0.2) is 0 Å². The van der Waals surface area contributed by atoms with Crippen molar-refractivity contribution in [3.8, 4) is 0 Å². The fourth-order valence-corrected chi connectivity index (χ4v) is 1.55. The molecule has 0 radical (unpaired) electrons. The Bertz CT molecular complexity index is 209. The Kier molecular flexibility index (Phi) is 3.76. The summed E-state index contributed by atoms with van der Waals surface area (Å²) in [6.45, 7) is 3.95. The molecule has 1 aliphatic rings. The summed E-state index contributed by atoms with van der Waals surface area (Å²) in [6.07, 6.45) is 4.83. The highest BCUT2D eigenvalue weighted by atomic mass is 16.8. The third-order valence-corrected chi connectivity index (χ3v) is 2.18. The van der Waals surface area contributed by atoms with E-state index in [2.05, 4.69) is 6.58 Å². The highest BCUT2D eigenvalue weighted by Crippen LogP contribution is 2.18. The Morgan fingerprint density at radius 3 is 3.08 bits per heavy atom. The van der Waals surface area contributed by atoms with E-state index in [4.69, 9.17) is 9.94 Å². The Balaban J connectivity index is 2.57. The maximum Gasteiger partial charge on any atom is 0.250 e. The van der Waals surface area contributed by atoms with Gasteiger partial charge in [-0.1, -0.05) is 6.08 Å². The second-order valence-electron chi connectivity index (χ2n) is 3.12. The first-order valence-corrected chi connectivity index (χ1v) is 4.50. The lowest BCUT2D eigenvalue weighted by Gasteiger charge is -2.19. The molecule has 0 bridgehead atoms. The van der Waals surface area contributed by atoms with Crippen LogP contribution < -0.4 is 0 Å². The van der Waals surface area contributed by atoms with Crippen molar-refractivity contribution in [2.75, 3.05) is 6.61 Å². The first kappa shape index (κ1) is 10.1. The zero-order valence-corrected chi connectivity index (χ0v) is 7.61. The van der Waals surface area contributed by atoms with Gasteiger partial charge in [-0.15, -0.1) is 6.58 Å². The van der Waals surface area contributed by atoms with Crippen LogP contribution in [0, 0.1) is 5.21 Å². The summed E-state index contributed by atoms with van der Waals surface area (Å²) in [5.41, 5.74) is 0.438. The standard InChI is InChI=1S/C9H15NO3/c1-2-7-13-9-6-4-3-5-8(9)10(11)12/h2,9H,1,3-7H2,(H,11,12). The van der Waals surface area contributed by atoms with Crippen LogP contribution in [0.25, 0.3) is 0 Å². The fraction of sp³-hybridized carbons (Fsp3) is 0.667. The highest BCUT2D eigenvalue weighted by molar-refractivity contribution is 5.84. The smallest absolute Gasteiger partial charge is 0.250 e. The van der Waals surface area contributed by atoms with Crippen LogP contribution in [0.2, 0.25) is 0 Å². The largest absolute Gasteiger partial charge is 0.418 e. The van der Waals surface area contributed by atoms with Crippen LogP contribution in [-0.4, -0.2) is 28.5 Å². The number of ether oxygens (including phenoxy) is 1. The molecule has 1 atom stereocenters. The van der Waals surface area contributed by atoms with E-state index in [-0.39, 0.29) is 11.0 Å². The third-order valence-electron chi connectivity index (χ3n) is 2.18. The summed E-state index contributed by atoms with van der Waals surface area (Å²) >= 11 is 0. The van der Waals surface area contributed by atoms with Crippen molar-refractivity contribution < 1.29 is 14.8 Å². The Hall–Kier alpha value is -1.03. The molecule has 1 saturated carbocycles. The predicted molar refractivity (Wildman–Crippen MR) is 48.8 cm³/mol. The molecule has 4 nitrogen and oxygen atoms in total. The van der Waals surface area contributed by atoms with Crippen LogP contribution in [0.4, 0.5) is 0 Å². The Labute approximate surface area is 77.7 Å². The van der Waals surface area contributed by atoms with E-state index < -0.39 is 0 Å². The summed E-state index contributed by atoms with van der Waals surface area (Å²) < 4.78 is 5.35. The van der Waals surface area contributed by atoms with Gasteiger partial charge in [0.2, 0.25) is 5.71 Å². The number of hydrogen-bond donors (Lipinski definition) is 1. The molecule has 0 aromatic carbocycles. The highest BCUT2D eigenvalue weighted by Gasteiger charge is 2.28. The van der Waals surface area contributed by atoms with Gasteiger partial charge in [0.05, 0.1) is 6.61 Å². The molecule has 1 rings (SSSR count). The topological polar surface area (TPSA) is 55.5 Å². The quantitative estimate of drug-likeness (QED) is 0.313. The molecule has 1 unspecified atom stereocenters. The monoisotopic (exact) mass is 185 g/mol. The zero-order valence-electron chi connectivity index (χ0n) is 7.61. The minimum atomic E-state index is -0.228. The minimum absolute atomic E-state index is 0.0487. The molecule has 0 aromatic rings. The van der Waals surface area contributed by atoms with Gasteiger partial charge in [0.1, 0.15) is 6.10 Å². The van der Waals surface area contributed by atoms with E-state index in [9.17, 15) is 5.21 Å². The van der Waals surface area contributed by atoms with Crippen molar-refractivity contribution in [2.45, 2.75) is 31.8 Å². The van der Waals surface area contributed by atoms with E-state index >= 15 is 0 Å². The van der Waals surface area contributed by atoms with Crippen molar-refractivity contribution in [1.82, 2.24) is 0 Å². The third kappa shape index (κ3) is 2.73. The Morgan fingerprint density at radius 2 is 2.46 bits per heavy atom. The summed E-state index contributed by atoms with van der Waals surface area (Å²) in [5.74, 6) is 0. The molecule has 1 N–H and O–H groups in total. The van der Waals surface area contributed by atoms with Crippen molar-refractivity contribution in [1.29, 1.82) is 0 Å². The molecular weight excluding hydrogens is 170 g/mol. The van der Waals surface area contributed by atoms with Crippen molar-refractivity contribution in [3.63, 3.8) is 0 Å². The molecule has 0 amide bonds. The molecule has 1 fully saturated rings. The molecule has 1 aliphatic carbocycles. The lowest BCUT2D eigenvalue weighted by molar-refractivity contribution is -0.728. The van der Waals surface area contributed by atoms with Gasteiger partial charge in [-0.2, -0.15) is 0 Å². The van der Waals surface area contributed by atoms with Gasteiger partial charge in [0.15, 0.2) is 0 Å². The molecule has 4 heteroatoms. The van der Waals surface area contributed by atoms with Crippen LogP contribution in [0.3, 0.4) is 0 Å². The number of nitrogens with zero attached hydrogens (tertiary/aromatic N) is 1. The number of rotatable bonds is 3. The summed E-state index contributed by atoms with van der Waals surface area (Å²) in [6, 6.07) is 0. The van der Waals surface area contributed by atoms with Gasteiger partial charge < -0.3 is 9.94 Å². The Morgan fingerprint density at radius 1 is 1.69 bits per heavy atom. The second-order valence-corrected chi connectivity index (χ2v) is 3.12. The van der Waals surface area contributed by atoms with Crippen LogP contribution in [0.5, 0.6) is 0 Å². The average Bonchev–Trinajstić information content (AvgIpc) is 2.15. The van der Waals surface area contributed by atoms with Gasteiger partial charge in [0.25, 0.3) is 0 Å². The SMILES string of the molecule is C=CCOC1CCCC/C1=[N+](\[O-])O. The normalized spacial score (nSPS) is 26.9. The first-order valence-electron chi connectivity index (χ1n) is 4.50. The first-order chi connectivity index (χ1) is 6.25. The van der Waals surface area contributed by atoms with Crippen molar-refractivity contribution in [3.05, 3.63) is 17.9 Å². The molecule has 0 aromatic heterocycles. The molecule has 0 spiro atoms. The summed E-state index contributed by atoms with van der Waals surface area (Å²) in [5, 5.41) is 19.5. The molecule has 0 aliphatic heterocycles. The maximum absolute atomic E-state index is 10.7. The minimum Gasteiger partial charge on any atom is -0.418 e. The van der Waals surface area contributed by atoms with Gasteiger partial charge in [-0.05, 0) is 19.3 Å². The summed E-state index contributed by atoms with van der Waals surface area (Å²) in [7, 11) is 0. The van der Waals surface area contributed by atoms with Crippen molar-refractivity contribution >= 4 is 5.71 Å². The second kappa shape index (κ2) is 4.87. The van der Waals surface area contributed by atoms with Crippen LogP contribution >= 0.6 is 0 Å². The molecule has 0 heterocycles. The van der Waals surface area contributed by atoms with Gasteiger partial charge in [0, 0.05) is 11.3 Å². The molecular formula is C9H15NO3. The average molecular weight is 185 g/mol. The molecule has 74 valence electrons. The predicted octanol–water partition coefficient (Wildman–Crippen LogP) is 1.47. The molecule has 0 saturated heterocycles. The van der Waals surface area contributed by atoms with Gasteiger partial charge >= 0.3 is 0 Å². The van der Waals surface area contributed by atoms with Crippen LogP contribution in [-0.2, 0) is 4.74 Å². The lowest BCUT2D eigenvalue weighted by Crippen LogP contribution is -2.33. The maximum atomic E-state index is 10.7. The van der Waals surface area contributed by atoms with E-state index in [1.165, 1.54) is 0 Å². The zero-order chi connectivity index (χ0) is 9.68. The van der Waals surface area contributed by atoms with Crippen molar-refractivity contribution in [2.24, 2.45) is 0 Å². The van der Waals surface area contributed by atoms with E-state index in [1.807, 2.05) is 0 Å². The van der Waals surface area contributed by atoms with E-state index in [1.54, 1.807) is 6.08 Å². The number of hydrogen-bond acceptors (Lipinski definition) is 3. The van der Waals surface area contributed by atoms with Crippen LogP contribution in [0.15, 0.2) is 12.7 Å². The van der Waals surface area contributed by atoms with Crippen LogP contribution in [0.1, 0.15) is 25.7 Å². The van der Waals surface area contributed by atoms with Gasteiger partial charge in [-0.3, -0.25) is 5.21 Å². The molecule has 13 heavy (non-hydrogen) atoms. The van der Waals surface area contributed by atoms with E-state index in [0.29, 0.717) is 18.7 Å². The summed E-state index contributed by atoms with van der Waals surface area (Å²) in [4.78, 5) is -0.0487. The van der Waals surface area contributed by atoms with E-state index in [0.717, 1.165) is 19.3 Å². The fourth-order valence-electron chi connectivity index (χ4n) is 1.55. The lowest BCUT2D eigenvalue weighted by atomic mass is 9.95.